The SMILES string of the molecule is COC(=O)C1(C(=O)OC)CCC[C@H]2[C@@]13C=C[C@@](Br)(C(=O)O3)[C@]2(C)C(=O)OC. The van der Waals surface area contributed by atoms with E-state index in [2.05, 4.69) is 15.9 Å². The molecule has 0 aromatic rings. The summed E-state index contributed by atoms with van der Waals surface area (Å²) in [6.07, 6.45) is 3.92. The van der Waals surface area contributed by atoms with Crippen LogP contribution in [0, 0.1) is 16.7 Å². The van der Waals surface area contributed by atoms with Crippen LogP contribution in [-0.2, 0) is 38.1 Å². The number of fused-ring (bicyclic) bond motifs is 1. The Morgan fingerprint density at radius 2 is 1.63 bits per heavy atom. The smallest absolute Gasteiger partial charge is 0.328 e. The fraction of sp³-hybridized carbons (Fsp3) is 0.667. The van der Waals surface area contributed by atoms with Gasteiger partial charge in [-0.15, -0.1) is 0 Å². The minimum absolute atomic E-state index is 0.0625. The summed E-state index contributed by atoms with van der Waals surface area (Å²) in [5.74, 6) is -3.85. The number of halogens is 1. The van der Waals surface area contributed by atoms with Crippen molar-refractivity contribution in [3.63, 3.8) is 0 Å². The Morgan fingerprint density at radius 3 is 2.11 bits per heavy atom. The largest absolute Gasteiger partial charge is 0.469 e. The highest BCUT2D eigenvalue weighted by Gasteiger charge is 2.81. The average Bonchev–Trinajstić information content (AvgIpc) is 2.67. The van der Waals surface area contributed by atoms with Gasteiger partial charge in [0.15, 0.2) is 9.93 Å². The molecule has 2 bridgehead atoms. The normalized spacial score (nSPS) is 38.4. The van der Waals surface area contributed by atoms with E-state index >= 15 is 0 Å². The average molecular weight is 445 g/mol. The molecule has 2 aliphatic carbocycles. The molecule has 2 aliphatic heterocycles. The van der Waals surface area contributed by atoms with Gasteiger partial charge in [0.05, 0.1) is 21.3 Å². The zero-order valence-corrected chi connectivity index (χ0v) is 17.1. The van der Waals surface area contributed by atoms with Gasteiger partial charge in [-0.1, -0.05) is 28.4 Å². The van der Waals surface area contributed by atoms with Gasteiger partial charge in [-0.05, 0) is 25.8 Å². The predicted molar refractivity (Wildman–Crippen MR) is 93.6 cm³/mol. The number of methoxy groups -OCH3 is 3. The van der Waals surface area contributed by atoms with Crippen LogP contribution in [0.1, 0.15) is 26.2 Å². The molecule has 1 spiro atoms. The molecule has 2 fully saturated rings. The maximum Gasteiger partial charge on any atom is 0.328 e. The molecule has 0 aromatic heterocycles. The summed E-state index contributed by atoms with van der Waals surface area (Å²) in [5, 5.41) is 0. The van der Waals surface area contributed by atoms with Crippen molar-refractivity contribution < 1.29 is 38.1 Å². The maximum atomic E-state index is 12.9. The van der Waals surface area contributed by atoms with E-state index < -0.39 is 50.6 Å². The molecule has 0 aromatic carbocycles. The fourth-order valence-electron chi connectivity index (χ4n) is 5.08. The van der Waals surface area contributed by atoms with Crippen LogP contribution in [0.5, 0.6) is 0 Å². The first-order chi connectivity index (χ1) is 12.6. The van der Waals surface area contributed by atoms with Crippen LogP contribution in [-0.4, -0.2) is 55.1 Å². The van der Waals surface area contributed by atoms with Crippen LogP contribution >= 0.6 is 15.9 Å². The van der Waals surface area contributed by atoms with E-state index in [-0.39, 0.29) is 6.42 Å². The molecule has 27 heavy (non-hydrogen) atoms. The Morgan fingerprint density at radius 1 is 1.07 bits per heavy atom. The number of hydrogen-bond donors (Lipinski definition) is 0. The highest BCUT2D eigenvalue weighted by molar-refractivity contribution is 9.10. The Kier molecular flexibility index (Phi) is 4.45. The molecule has 0 radical (unpaired) electrons. The van der Waals surface area contributed by atoms with Gasteiger partial charge in [0.2, 0.25) is 5.41 Å². The Bertz CT molecular complexity index is 744. The Hall–Kier alpha value is -1.90. The van der Waals surface area contributed by atoms with Crippen molar-refractivity contribution in [2.45, 2.75) is 36.1 Å². The number of esters is 4. The lowest BCUT2D eigenvalue weighted by Gasteiger charge is -2.64. The fourth-order valence-corrected chi connectivity index (χ4v) is 5.73. The third kappa shape index (κ3) is 1.98. The molecular formula is C18H21BrO8. The van der Waals surface area contributed by atoms with Crippen molar-refractivity contribution in [2.24, 2.45) is 16.7 Å². The summed E-state index contributed by atoms with van der Waals surface area (Å²) in [7, 11) is 3.53. The lowest BCUT2D eigenvalue weighted by Crippen LogP contribution is -2.78. The molecule has 0 amide bonds. The second kappa shape index (κ2) is 6.05. The number of ether oxygens (including phenoxy) is 4. The van der Waals surface area contributed by atoms with Crippen LogP contribution in [0.2, 0.25) is 0 Å². The van der Waals surface area contributed by atoms with Gasteiger partial charge in [-0.3, -0.25) is 19.2 Å². The lowest BCUT2D eigenvalue weighted by molar-refractivity contribution is -0.242. The Labute approximate surface area is 164 Å². The molecule has 4 rings (SSSR count). The lowest BCUT2D eigenvalue weighted by atomic mass is 9.45. The van der Waals surface area contributed by atoms with E-state index in [1.165, 1.54) is 19.3 Å². The number of carbonyl (C=O) groups is 4. The molecule has 1 saturated heterocycles. The Balaban J connectivity index is 2.36. The summed E-state index contributed by atoms with van der Waals surface area (Å²) in [5.41, 5.74) is -5.02. The monoisotopic (exact) mass is 444 g/mol. The highest BCUT2D eigenvalue weighted by atomic mass is 79.9. The van der Waals surface area contributed by atoms with Crippen molar-refractivity contribution in [1.82, 2.24) is 0 Å². The summed E-state index contributed by atoms with van der Waals surface area (Å²) < 4.78 is 19.2. The van der Waals surface area contributed by atoms with E-state index in [1.807, 2.05) is 0 Å². The van der Waals surface area contributed by atoms with Gasteiger partial charge in [0.1, 0.15) is 5.41 Å². The number of rotatable bonds is 3. The molecule has 4 atom stereocenters. The first-order valence-corrected chi connectivity index (χ1v) is 9.29. The van der Waals surface area contributed by atoms with Gasteiger partial charge in [0, 0.05) is 5.92 Å². The summed E-state index contributed by atoms with van der Waals surface area (Å²) in [6.45, 7) is 1.58. The molecule has 2 heterocycles. The topological polar surface area (TPSA) is 105 Å². The molecule has 4 aliphatic rings. The zero-order chi connectivity index (χ0) is 20.3. The van der Waals surface area contributed by atoms with Gasteiger partial charge in [0.25, 0.3) is 0 Å². The molecule has 1 saturated carbocycles. The molecule has 9 heteroatoms. The van der Waals surface area contributed by atoms with E-state index in [0.29, 0.717) is 12.8 Å². The summed E-state index contributed by atoms with van der Waals surface area (Å²) in [4.78, 5) is 51.6. The molecule has 0 N–H and O–H groups in total. The third-order valence-electron chi connectivity index (χ3n) is 6.48. The van der Waals surface area contributed by atoms with E-state index in [4.69, 9.17) is 18.9 Å². The molecular weight excluding hydrogens is 424 g/mol. The predicted octanol–water partition coefficient (Wildman–Crippen LogP) is 1.30. The molecule has 148 valence electrons. The highest BCUT2D eigenvalue weighted by Crippen LogP contribution is 2.68. The number of alkyl halides is 1. The van der Waals surface area contributed by atoms with Crippen LogP contribution in [0.25, 0.3) is 0 Å². The quantitative estimate of drug-likeness (QED) is 0.211. The van der Waals surface area contributed by atoms with E-state index in [1.54, 1.807) is 6.92 Å². The van der Waals surface area contributed by atoms with Crippen molar-refractivity contribution >= 4 is 39.8 Å². The zero-order valence-electron chi connectivity index (χ0n) is 15.5. The van der Waals surface area contributed by atoms with Crippen LogP contribution in [0.3, 0.4) is 0 Å². The molecule has 0 unspecified atom stereocenters. The molecule has 8 nitrogen and oxygen atoms in total. The van der Waals surface area contributed by atoms with E-state index in [0.717, 1.165) is 14.2 Å². The van der Waals surface area contributed by atoms with Crippen LogP contribution in [0.4, 0.5) is 0 Å². The van der Waals surface area contributed by atoms with Gasteiger partial charge < -0.3 is 18.9 Å². The summed E-state index contributed by atoms with van der Waals surface area (Å²) >= 11 is 3.37. The van der Waals surface area contributed by atoms with Crippen molar-refractivity contribution in [1.29, 1.82) is 0 Å². The standard InChI is InChI=1S/C18H21BrO8/c1-15(11(20)24-2)10-6-5-7-16(12(21)25-3,13(22)26-4)18(10)9-8-17(15,19)14(23)27-18/h8-10H,5-7H2,1-4H3/t10-,15+,17-,18+/m1/s1. The van der Waals surface area contributed by atoms with E-state index in [9.17, 15) is 19.2 Å². The maximum absolute atomic E-state index is 12.9. The van der Waals surface area contributed by atoms with Crippen LogP contribution < -0.4 is 0 Å². The second-order valence-electron chi connectivity index (χ2n) is 7.25. The first-order valence-electron chi connectivity index (χ1n) is 8.50. The number of carbonyl (C=O) groups excluding carboxylic acids is 4. The first kappa shape index (κ1) is 19.9. The van der Waals surface area contributed by atoms with Crippen molar-refractivity contribution in [3.8, 4) is 0 Å². The van der Waals surface area contributed by atoms with Gasteiger partial charge in [-0.2, -0.15) is 0 Å². The number of hydrogen-bond acceptors (Lipinski definition) is 8. The minimum atomic E-state index is -1.91. The summed E-state index contributed by atoms with van der Waals surface area (Å²) in [6, 6.07) is 0. The van der Waals surface area contributed by atoms with Gasteiger partial charge >= 0.3 is 23.9 Å². The minimum Gasteiger partial charge on any atom is -0.469 e. The van der Waals surface area contributed by atoms with Crippen molar-refractivity contribution in [3.05, 3.63) is 12.2 Å². The second-order valence-corrected chi connectivity index (χ2v) is 8.51. The third-order valence-corrected chi connectivity index (χ3v) is 7.89. The van der Waals surface area contributed by atoms with Gasteiger partial charge in [-0.25, -0.2) is 0 Å². The van der Waals surface area contributed by atoms with Crippen molar-refractivity contribution in [2.75, 3.05) is 21.3 Å². The van der Waals surface area contributed by atoms with Crippen LogP contribution in [0.15, 0.2) is 12.2 Å².